The van der Waals surface area contributed by atoms with Crippen LogP contribution in [0.15, 0.2) is 53.7 Å². The highest BCUT2D eigenvalue weighted by atomic mass is 16.5. The van der Waals surface area contributed by atoms with Gasteiger partial charge in [0.2, 0.25) is 0 Å². The second-order valence-corrected chi connectivity index (χ2v) is 9.55. The number of likely N-dealkylation sites (tertiary alicyclic amines) is 1. The number of aliphatic imine (C=N–C) groups is 1. The Morgan fingerprint density at radius 2 is 1.89 bits per heavy atom. The van der Waals surface area contributed by atoms with Crippen LogP contribution in [0.1, 0.15) is 12.0 Å². The summed E-state index contributed by atoms with van der Waals surface area (Å²) in [6.45, 7) is 2.51. The molecule has 35 heavy (non-hydrogen) atoms. The molecule has 3 aromatic rings. The number of carbonyl (C=O) groups is 2. The molecule has 1 atom stereocenters. The molecule has 3 aliphatic rings. The average molecular weight is 474 g/mol. The maximum atomic E-state index is 13.5. The summed E-state index contributed by atoms with van der Waals surface area (Å²) in [5.41, 5.74) is 3.35. The number of rotatable bonds is 4. The van der Waals surface area contributed by atoms with Crippen molar-refractivity contribution in [3.63, 3.8) is 0 Å². The maximum Gasteiger partial charge on any atom is 0.409 e. The molecule has 2 saturated heterocycles. The molecule has 2 aromatic carbocycles. The molecule has 0 N–H and O–H groups in total. The van der Waals surface area contributed by atoms with Crippen molar-refractivity contribution >= 4 is 28.7 Å². The Kier molecular flexibility index (Phi) is 5.10. The second kappa shape index (κ2) is 8.20. The van der Waals surface area contributed by atoms with Gasteiger partial charge in [-0.15, -0.1) is 0 Å². The van der Waals surface area contributed by atoms with Gasteiger partial charge < -0.3 is 14.4 Å². The Labute approximate surface area is 202 Å². The van der Waals surface area contributed by atoms with Gasteiger partial charge in [0, 0.05) is 56.6 Å². The monoisotopic (exact) mass is 473 g/mol. The molecular formula is C26H27N5O4. The lowest BCUT2D eigenvalue weighted by Gasteiger charge is -2.40. The van der Waals surface area contributed by atoms with Crippen LogP contribution in [-0.4, -0.2) is 82.9 Å². The van der Waals surface area contributed by atoms with Crippen molar-refractivity contribution in [1.82, 2.24) is 19.6 Å². The number of methoxy groups -OCH3 is 1. The van der Waals surface area contributed by atoms with Crippen LogP contribution in [0.5, 0.6) is 0 Å². The largest absolute Gasteiger partial charge is 0.453 e. The van der Waals surface area contributed by atoms with Crippen molar-refractivity contribution in [3.05, 3.63) is 54.2 Å². The van der Waals surface area contributed by atoms with Gasteiger partial charge in [-0.25, -0.2) is 9.79 Å². The molecule has 6 rings (SSSR count). The summed E-state index contributed by atoms with van der Waals surface area (Å²) in [5.74, 6) is 0.866. The number of aromatic nitrogens is 2. The van der Waals surface area contributed by atoms with Gasteiger partial charge in [-0.2, -0.15) is 5.10 Å². The van der Waals surface area contributed by atoms with E-state index in [-0.39, 0.29) is 17.9 Å². The van der Waals surface area contributed by atoms with E-state index in [4.69, 9.17) is 14.5 Å². The zero-order chi connectivity index (χ0) is 24.2. The van der Waals surface area contributed by atoms with Crippen molar-refractivity contribution in [3.8, 4) is 11.1 Å². The number of hydrogen-bond donors (Lipinski definition) is 0. The Morgan fingerprint density at radius 1 is 1.14 bits per heavy atom. The smallest absolute Gasteiger partial charge is 0.409 e. The first-order valence-electron chi connectivity index (χ1n) is 11.8. The predicted octanol–water partition coefficient (Wildman–Crippen LogP) is 2.69. The van der Waals surface area contributed by atoms with Crippen molar-refractivity contribution in [2.75, 3.05) is 40.0 Å². The van der Waals surface area contributed by atoms with E-state index in [2.05, 4.69) is 35.4 Å². The lowest BCUT2D eigenvalue weighted by atomic mass is 9.96. The van der Waals surface area contributed by atoms with E-state index in [9.17, 15) is 9.59 Å². The van der Waals surface area contributed by atoms with E-state index in [0.717, 1.165) is 27.6 Å². The molecular weight excluding hydrogens is 446 g/mol. The minimum absolute atomic E-state index is 0.00683. The second-order valence-electron chi connectivity index (χ2n) is 9.55. The summed E-state index contributed by atoms with van der Waals surface area (Å²) >= 11 is 0. The first-order chi connectivity index (χ1) is 17.0. The molecule has 0 radical (unpaired) electrons. The lowest BCUT2D eigenvalue weighted by molar-refractivity contribution is -0.132. The molecule has 9 nitrogen and oxygen atoms in total. The number of amides is 2. The minimum Gasteiger partial charge on any atom is -0.453 e. The standard InChI is InChI=1S/C26H27N5O4/c1-29-22-8-7-20(11-21(22)12-27-29)18-3-5-19(6-4-18)23-28-26(9-10-35-16-26)24(32)31(23)15-17-13-30(14-17)25(33)34-2/h3-8,11-12,17H,9-10,13-16H2,1-2H3. The number of hydrogen-bond acceptors (Lipinski definition) is 6. The molecule has 2 fully saturated rings. The van der Waals surface area contributed by atoms with Crippen molar-refractivity contribution in [2.45, 2.75) is 12.0 Å². The third kappa shape index (κ3) is 3.58. The topological polar surface area (TPSA) is 89.3 Å². The number of amidine groups is 1. The van der Waals surface area contributed by atoms with Gasteiger partial charge in [0.1, 0.15) is 5.84 Å². The summed E-state index contributed by atoms with van der Waals surface area (Å²) in [4.78, 5) is 33.6. The summed E-state index contributed by atoms with van der Waals surface area (Å²) in [5, 5.41) is 5.42. The average Bonchev–Trinajstić information content (AvgIpc) is 3.55. The van der Waals surface area contributed by atoms with Gasteiger partial charge in [-0.05, 0) is 23.3 Å². The third-order valence-electron chi connectivity index (χ3n) is 7.27. The molecule has 4 heterocycles. The van der Waals surface area contributed by atoms with Gasteiger partial charge in [-0.1, -0.05) is 30.3 Å². The van der Waals surface area contributed by atoms with Crippen LogP contribution in [0, 0.1) is 5.92 Å². The molecule has 1 aromatic heterocycles. The van der Waals surface area contributed by atoms with Gasteiger partial charge >= 0.3 is 6.09 Å². The number of carbonyl (C=O) groups excluding carboxylic acids is 2. The molecule has 1 spiro atoms. The number of aryl methyl sites for hydroxylation is 1. The van der Waals surface area contributed by atoms with E-state index in [0.29, 0.717) is 45.1 Å². The van der Waals surface area contributed by atoms with Gasteiger partial charge in [0.25, 0.3) is 5.91 Å². The zero-order valence-electron chi connectivity index (χ0n) is 19.8. The molecule has 0 aliphatic carbocycles. The fourth-order valence-electron chi connectivity index (χ4n) is 5.24. The fourth-order valence-corrected chi connectivity index (χ4v) is 5.24. The number of nitrogens with zero attached hydrogens (tertiary/aromatic N) is 5. The van der Waals surface area contributed by atoms with E-state index in [1.54, 1.807) is 9.80 Å². The minimum atomic E-state index is -0.828. The highest BCUT2D eigenvalue weighted by Gasteiger charge is 2.52. The third-order valence-corrected chi connectivity index (χ3v) is 7.27. The van der Waals surface area contributed by atoms with Crippen LogP contribution in [0.3, 0.4) is 0 Å². The number of benzene rings is 2. The lowest BCUT2D eigenvalue weighted by Crippen LogP contribution is -2.55. The first kappa shape index (κ1) is 21.8. The first-order valence-corrected chi connectivity index (χ1v) is 11.8. The van der Waals surface area contributed by atoms with Crippen LogP contribution in [-0.2, 0) is 21.3 Å². The van der Waals surface area contributed by atoms with Crippen LogP contribution in [0.25, 0.3) is 22.0 Å². The summed E-state index contributed by atoms with van der Waals surface area (Å²) < 4.78 is 12.2. The highest BCUT2D eigenvalue weighted by Crippen LogP contribution is 2.35. The Morgan fingerprint density at radius 3 is 2.60 bits per heavy atom. The Balaban J connectivity index is 1.26. The van der Waals surface area contributed by atoms with E-state index >= 15 is 0 Å². The molecule has 9 heteroatoms. The van der Waals surface area contributed by atoms with Crippen molar-refractivity contribution in [1.29, 1.82) is 0 Å². The van der Waals surface area contributed by atoms with Crippen LogP contribution < -0.4 is 0 Å². The van der Waals surface area contributed by atoms with Gasteiger partial charge in [0.05, 0.1) is 25.4 Å². The van der Waals surface area contributed by atoms with Crippen LogP contribution >= 0.6 is 0 Å². The summed E-state index contributed by atoms with van der Waals surface area (Å²) in [6, 6.07) is 14.5. The highest BCUT2D eigenvalue weighted by molar-refractivity contribution is 6.15. The molecule has 0 bridgehead atoms. The molecule has 180 valence electrons. The maximum absolute atomic E-state index is 13.5. The number of ether oxygens (including phenoxy) is 2. The predicted molar refractivity (Wildman–Crippen MR) is 130 cm³/mol. The van der Waals surface area contributed by atoms with Crippen molar-refractivity contribution < 1.29 is 19.1 Å². The van der Waals surface area contributed by atoms with E-state index in [1.165, 1.54) is 7.11 Å². The van der Waals surface area contributed by atoms with Gasteiger partial charge in [-0.3, -0.25) is 14.4 Å². The molecule has 1 unspecified atom stereocenters. The normalized spacial score (nSPS) is 22.2. The molecule has 0 saturated carbocycles. The quantitative estimate of drug-likeness (QED) is 0.581. The van der Waals surface area contributed by atoms with Crippen LogP contribution in [0.2, 0.25) is 0 Å². The van der Waals surface area contributed by atoms with Crippen molar-refractivity contribution in [2.24, 2.45) is 18.0 Å². The van der Waals surface area contributed by atoms with E-state index < -0.39 is 5.54 Å². The SMILES string of the molecule is COC(=O)N1CC(CN2C(=O)C3(CCOC3)N=C2c2ccc(-c3ccc4c(cnn4C)c3)cc2)C1. The van der Waals surface area contributed by atoms with Crippen LogP contribution in [0.4, 0.5) is 4.79 Å². The Hall–Kier alpha value is -3.72. The zero-order valence-corrected chi connectivity index (χ0v) is 19.8. The summed E-state index contributed by atoms with van der Waals surface area (Å²) in [6.07, 6.45) is 2.13. The Bertz CT molecular complexity index is 1330. The van der Waals surface area contributed by atoms with Gasteiger partial charge in [0.15, 0.2) is 5.54 Å². The van der Waals surface area contributed by atoms with E-state index in [1.807, 2.05) is 30.1 Å². The fraction of sp³-hybridized carbons (Fsp3) is 0.385. The molecule has 3 aliphatic heterocycles. The number of fused-ring (bicyclic) bond motifs is 1. The summed E-state index contributed by atoms with van der Waals surface area (Å²) in [7, 11) is 3.32. The molecule has 2 amide bonds.